The molecule has 0 aliphatic heterocycles. The minimum Gasteiger partial charge on any atom is -0.497 e. The highest BCUT2D eigenvalue weighted by Gasteiger charge is 2.28. The zero-order chi connectivity index (χ0) is 21.1. The first kappa shape index (κ1) is 20.9. The van der Waals surface area contributed by atoms with Gasteiger partial charge in [0.05, 0.1) is 30.2 Å². The lowest BCUT2D eigenvalue weighted by atomic mass is 9.89. The van der Waals surface area contributed by atoms with Gasteiger partial charge in [-0.2, -0.15) is 0 Å². The van der Waals surface area contributed by atoms with Crippen molar-refractivity contribution in [1.29, 1.82) is 0 Å². The summed E-state index contributed by atoms with van der Waals surface area (Å²) in [7, 11) is 2.70. The molecular weight excluding hydrogens is 419 g/mol. The molecule has 3 aromatic rings. The van der Waals surface area contributed by atoms with E-state index in [0.29, 0.717) is 27.3 Å². The molecular formula is C21H16Cl2O6. The highest BCUT2D eigenvalue weighted by atomic mass is 35.5. The molecule has 8 heteroatoms. The number of carbonyl (C=O) groups excluding carboxylic acids is 2. The Morgan fingerprint density at radius 3 is 2.45 bits per heavy atom. The second-order valence-electron chi connectivity index (χ2n) is 6.21. The van der Waals surface area contributed by atoms with Crippen LogP contribution < -0.4 is 10.4 Å². The van der Waals surface area contributed by atoms with Crippen molar-refractivity contribution < 1.29 is 23.5 Å². The SMILES string of the molecule is COC(=O)C(CC(=O)c1ccc(Cl)c(Cl)c1)c1cc(=O)oc2cc(OC)ccc12. The van der Waals surface area contributed by atoms with E-state index in [1.807, 2.05) is 0 Å². The van der Waals surface area contributed by atoms with Crippen molar-refractivity contribution in [1.82, 2.24) is 0 Å². The van der Waals surface area contributed by atoms with Crippen molar-refractivity contribution in [2.45, 2.75) is 12.3 Å². The fourth-order valence-corrected chi connectivity index (χ4v) is 3.32. The van der Waals surface area contributed by atoms with E-state index in [9.17, 15) is 14.4 Å². The average Bonchev–Trinajstić information content (AvgIpc) is 2.72. The molecule has 1 unspecified atom stereocenters. The number of carbonyl (C=O) groups is 2. The second-order valence-corrected chi connectivity index (χ2v) is 7.03. The minimum absolute atomic E-state index is 0.227. The normalized spacial score (nSPS) is 11.9. The van der Waals surface area contributed by atoms with Gasteiger partial charge in [-0.05, 0) is 35.9 Å². The standard InChI is InChI=1S/C21H16Cl2O6/c1-27-12-4-5-13-14(10-20(25)29-19(13)8-12)15(21(26)28-2)9-18(24)11-3-6-16(22)17(23)7-11/h3-8,10,15H,9H2,1-2H3. The summed E-state index contributed by atoms with van der Waals surface area (Å²) in [6.07, 6.45) is -0.227. The molecule has 0 bridgehead atoms. The summed E-state index contributed by atoms with van der Waals surface area (Å²) in [4.78, 5) is 37.4. The van der Waals surface area contributed by atoms with Crippen molar-refractivity contribution in [3.63, 3.8) is 0 Å². The molecule has 0 saturated heterocycles. The van der Waals surface area contributed by atoms with Crippen LogP contribution in [-0.2, 0) is 9.53 Å². The van der Waals surface area contributed by atoms with Crippen LogP contribution in [0, 0.1) is 0 Å². The lowest BCUT2D eigenvalue weighted by Crippen LogP contribution is -2.20. The molecule has 0 N–H and O–H groups in total. The van der Waals surface area contributed by atoms with Crippen LogP contribution in [-0.4, -0.2) is 26.0 Å². The van der Waals surface area contributed by atoms with Crippen LogP contribution in [0.5, 0.6) is 5.75 Å². The fraction of sp³-hybridized carbons (Fsp3) is 0.190. The van der Waals surface area contributed by atoms with Gasteiger partial charge in [0.15, 0.2) is 5.78 Å². The summed E-state index contributed by atoms with van der Waals surface area (Å²) in [6.45, 7) is 0. The number of methoxy groups -OCH3 is 2. The molecule has 0 fully saturated rings. The number of rotatable bonds is 6. The minimum atomic E-state index is -1.01. The van der Waals surface area contributed by atoms with Crippen molar-refractivity contribution >= 4 is 45.9 Å². The van der Waals surface area contributed by atoms with E-state index in [0.717, 1.165) is 0 Å². The predicted octanol–water partition coefficient (Wildman–Crippen LogP) is 4.64. The smallest absolute Gasteiger partial charge is 0.336 e. The number of ketones is 1. The van der Waals surface area contributed by atoms with Crippen molar-refractivity contribution in [3.8, 4) is 5.75 Å². The summed E-state index contributed by atoms with van der Waals surface area (Å²) in [6, 6.07) is 10.5. The summed E-state index contributed by atoms with van der Waals surface area (Å²) < 4.78 is 15.2. The van der Waals surface area contributed by atoms with E-state index in [1.165, 1.54) is 44.6 Å². The van der Waals surface area contributed by atoms with Crippen molar-refractivity contribution in [3.05, 3.63) is 74.1 Å². The van der Waals surface area contributed by atoms with E-state index in [-0.39, 0.29) is 22.8 Å². The molecule has 0 spiro atoms. The van der Waals surface area contributed by atoms with Gasteiger partial charge in [0.1, 0.15) is 11.3 Å². The molecule has 3 rings (SSSR count). The van der Waals surface area contributed by atoms with Crippen LogP contribution in [0.15, 0.2) is 51.7 Å². The van der Waals surface area contributed by atoms with Crippen LogP contribution in [0.3, 0.4) is 0 Å². The van der Waals surface area contributed by atoms with Crippen LogP contribution >= 0.6 is 23.2 Å². The third-order valence-corrected chi connectivity index (χ3v) is 5.21. The molecule has 29 heavy (non-hydrogen) atoms. The first-order valence-electron chi connectivity index (χ1n) is 8.52. The maximum atomic E-state index is 12.8. The van der Waals surface area contributed by atoms with E-state index < -0.39 is 17.5 Å². The van der Waals surface area contributed by atoms with Gasteiger partial charge in [-0.3, -0.25) is 9.59 Å². The Labute approximate surface area is 175 Å². The van der Waals surface area contributed by atoms with Crippen molar-refractivity contribution in [2.24, 2.45) is 0 Å². The number of hydrogen-bond donors (Lipinski definition) is 0. The van der Waals surface area contributed by atoms with Gasteiger partial charge in [-0.1, -0.05) is 23.2 Å². The Morgan fingerprint density at radius 1 is 1.03 bits per heavy atom. The number of esters is 1. The van der Waals surface area contributed by atoms with Gasteiger partial charge in [-0.15, -0.1) is 0 Å². The number of halogens is 2. The first-order valence-corrected chi connectivity index (χ1v) is 9.27. The maximum absolute atomic E-state index is 12.8. The number of fused-ring (bicyclic) bond motifs is 1. The zero-order valence-electron chi connectivity index (χ0n) is 15.5. The van der Waals surface area contributed by atoms with E-state index in [1.54, 1.807) is 12.1 Å². The van der Waals surface area contributed by atoms with Crippen molar-refractivity contribution in [2.75, 3.05) is 14.2 Å². The molecule has 0 aliphatic rings. The first-order chi connectivity index (χ1) is 13.8. The summed E-state index contributed by atoms with van der Waals surface area (Å²) >= 11 is 11.9. The largest absolute Gasteiger partial charge is 0.497 e. The Morgan fingerprint density at radius 2 is 1.79 bits per heavy atom. The van der Waals surface area contributed by atoms with Gasteiger partial charge < -0.3 is 13.9 Å². The Hall–Kier alpha value is -2.83. The molecule has 1 heterocycles. The highest BCUT2D eigenvalue weighted by Crippen LogP contribution is 2.32. The Balaban J connectivity index is 2.07. The topological polar surface area (TPSA) is 82.8 Å². The van der Waals surface area contributed by atoms with Gasteiger partial charge in [0.2, 0.25) is 0 Å². The van der Waals surface area contributed by atoms with Crippen LogP contribution in [0.4, 0.5) is 0 Å². The summed E-state index contributed by atoms with van der Waals surface area (Å²) in [5.74, 6) is -1.53. The van der Waals surface area contributed by atoms with Gasteiger partial charge in [0, 0.05) is 29.5 Å². The third kappa shape index (κ3) is 4.44. The summed E-state index contributed by atoms with van der Waals surface area (Å²) in [5.41, 5.74) is 0.209. The lowest BCUT2D eigenvalue weighted by molar-refractivity contribution is -0.142. The molecule has 0 amide bonds. The molecule has 0 radical (unpaired) electrons. The summed E-state index contributed by atoms with van der Waals surface area (Å²) in [5, 5.41) is 1.04. The third-order valence-electron chi connectivity index (χ3n) is 4.48. The number of ether oxygens (including phenoxy) is 2. The monoisotopic (exact) mass is 434 g/mol. The van der Waals surface area contributed by atoms with Crippen LogP contribution in [0.1, 0.15) is 28.3 Å². The predicted molar refractivity (Wildman–Crippen MR) is 109 cm³/mol. The van der Waals surface area contributed by atoms with Crippen LogP contribution in [0.25, 0.3) is 11.0 Å². The molecule has 0 aliphatic carbocycles. The second kappa shape index (κ2) is 8.68. The quantitative estimate of drug-likeness (QED) is 0.319. The van der Waals surface area contributed by atoms with Gasteiger partial charge >= 0.3 is 11.6 Å². The fourth-order valence-electron chi connectivity index (χ4n) is 3.02. The Bertz CT molecular complexity index is 1150. The number of benzene rings is 2. The number of Topliss-reactive ketones (excluding diaryl/α,β-unsaturated/α-hetero) is 1. The van der Waals surface area contributed by atoms with E-state index in [4.69, 9.17) is 37.1 Å². The van der Waals surface area contributed by atoms with E-state index >= 15 is 0 Å². The van der Waals surface area contributed by atoms with E-state index in [2.05, 4.69) is 0 Å². The molecule has 2 aromatic carbocycles. The molecule has 150 valence electrons. The highest BCUT2D eigenvalue weighted by molar-refractivity contribution is 6.42. The molecule has 0 saturated carbocycles. The van der Waals surface area contributed by atoms with Gasteiger partial charge in [0.25, 0.3) is 0 Å². The lowest BCUT2D eigenvalue weighted by Gasteiger charge is -2.16. The number of hydrogen-bond acceptors (Lipinski definition) is 6. The zero-order valence-corrected chi connectivity index (χ0v) is 17.0. The molecule has 1 atom stereocenters. The van der Waals surface area contributed by atoms with Crippen LogP contribution in [0.2, 0.25) is 10.0 Å². The average molecular weight is 435 g/mol. The molecule has 6 nitrogen and oxygen atoms in total. The Kier molecular flexibility index (Phi) is 6.25. The maximum Gasteiger partial charge on any atom is 0.336 e. The molecule has 1 aromatic heterocycles. The van der Waals surface area contributed by atoms with Gasteiger partial charge in [-0.25, -0.2) is 4.79 Å².